The van der Waals surface area contributed by atoms with Gasteiger partial charge in [-0.05, 0) is 97.7 Å². The standard InChI is InChI=1S/C34H45ClN2O7S/c1-21(2)32(45(36,41)42)31(43-3)8-4-7-29(38)26-12-9-24(26)18-37-19-34(15-5-6-22-16-25(35)11-13-27(22)34)20-44-30-14-10-23(33(39)40)17-28(30)37/h4,7,10-11,13-14,16-17,21,24,26,29,31-32,38H,5-6,8-9,12,15,18-20H2,1-3H3,(H,39,40)(H2,36,41,42)/b7-4+/t24-,26+,29?,31?,32?,34-/m0/s1. The van der Waals surface area contributed by atoms with Crippen LogP contribution in [0.5, 0.6) is 5.75 Å². The van der Waals surface area contributed by atoms with E-state index < -0.39 is 33.5 Å². The average Bonchev–Trinajstić information content (AvgIpc) is 3.10. The second-order valence-corrected chi connectivity index (χ2v) is 15.5. The van der Waals surface area contributed by atoms with Crippen LogP contribution in [0.15, 0.2) is 48.6 Å². The number of rotatable bonds is 11. The molecule has 0 bridgehead atoms. The number of primary sulfonamides is 1. The van der Waals surface area contributed by atoms with Gasteiger partial charge in [-0.3, -0.25) is 0 Å². The SMILES string of the molecule is COC(C/C=C/C(O)[C@@H]1CC[C@H]1CN1C[C@@]2(CCCc3cc(Cl)ccc32)COc2ccc(C(=O)O)cc21)C(C(C)C)S(N)(=O)=O. The molecule has 11 heteroatoms. The summed E-state index contributed by atoms with van der Waals surface area (Å²) in [6.45, 7) is 5.38. The maximum absolute atomic E-state index is 12.2. The van der Waals surface area contributed by atoms with Crippen molar-refractivity contribution >= 4 is 33.3 Å². The Hall–Kier alpha value is -2.63. The van der Waals surface area contributed by atoms with Gasteiger partial charge in [-0.15, -0.1) is 0 Å². The number of aliphatic hydroxyl groups excluding tert-OH is 1. The minimum absolute atomic E-state index is 0.00468. The zero-order chi connectivity index (χ0) is 32.5. The van der Waals surface area contributed by atoms with Crippen LogP contribution in [0.1, 0.15) is 67.4 Å². The van der Waals surface area contributed by atoms with Crippen molar-refractivity contribution < 1.29 is 32.9 Å². The number of anilines is 1. The summed E-state index contributed by atoms with van der Waals surface area (Å²) < 4.78 is 36.4. The van der Waals surface area contributed by atoms with E-state index in [-0.39, 0.29) is 28.7 Å². The van der Waals surface area contributed by atoms with E-state index in [1.165, 1.54) is 18.2 Å². The molecule has 45 heavy (non-hydrogen) atoms. The van der Waals surface area contributed by atoms with Gasteiger partial charge >= 0.3 is 5.97 Å². The van der Waals surface area contributed by atoms with E-state index in [2.05, 4.69) is 11.0 Å². The lowest BCUT2D eigenvalue weighted by Gasteiger charge is -2.45. The third-order valence-corrected chi connectivity index (χ3v) is 11.9. The Morgan fingerprint density at radius 1 is 1.24 bits per heavy atom. The molecule has 6 atom stereocenters. The molecular formula is C34H45ClN2O7S. The lowest BCUT2D eigenvalue weighted by molar-refractivity contribution is 0.0450. The predicted octanol–water partition coefficient (Wildman–Crippen LogP) is 5.17. The van der Waals surface area contributed by atoms with Crippen LogP contribution in [0.2, 0.25) is 5.02 Å². The quantitative estimate of drug-likeness (QED) is 0.281. The van der Waals surface area contributed by atoms with Crippen molar-refractivity contribution in [1.82, 2.24) is 0 Å². The van der Waals surface area contributed by atoms with Crippen LogP contribution in [0.25, 0.3) is 0 Å². The Bertz CT molecular complexity index is 1530. The number of halogens is 1. The monoisotopic (exact) mass is 660 g/mol. The number of carboxylic acid groups (broad SMARTS) is 1. The Balaban J connectivity index is 1.37. The summed E-state index contributed by atoms with van der Waals surface area (Å²) in [6, 6.07) is 11.1. The summed E-state index contributed by atoms with van der Waals surface area (Å²) in [5.74, 6) is -0.384. The van der Waals surface area contributed by atoms with Gasteiger partial charge in [-0.2, -0.15) is 0 Å². The minimum atomic E-state index is -3.81. The fourth-order valence-corrected chi connectivity index (χ4v) is 9.28. The molecule has 4 N–H and O–H groups in total. The first-order valence-corrected chi connectivity index (χ1v) is 17.7. The van der Waals surface area contributed by atoms with Crippen LogP contribution in [0.3, 0.4) is 0 Å². The summed E-state index contributed by atoms with van der Waals surface area (Å²) in [4.78, 5) is 14.2. The molecule has 1 fully saturated rings. The number of fused-ring (bicyclic) bond motifs is 3. The van der Waals surface area contributed by atoms with E-state index in [0.717, 1.165) is 37.8 Å². The Kier molecular flexibility index (Phi) is 10.2. The first-order chi connectivity index (χ1) is 21.3. The van der Waals surface area contributed by atoms with Crippen molar-refractivity contribution in [1.29, 1.82) is 0 Å². The molecule has 3 unspecified atom stereocenters. The Morgan fingerprint density at radius 3 is 2.67 bits per heavy atom. The molecule has 246 valence electrons. The molecule has 3 aliphatic rings. The van der Waals surface area contributed by atoms with Gasteiger partial charge in [0.15, 0.2) is 0 Å². The summed E-state index contributed by atoms with van der Waals surface area (Å²) in [7, 11) is -2.34. The molecule has 2 aliphatic carbocycles. The first kappa shape index (κ1) is 33.7. The van der Waals surface area contributed by atoms with Crippen LogP contribution in [-0.2, 0) is 26.6 Å². The highest BCUT2D eigenvalue weighted by Gasteiger charge is 2.44. The Morgan fingerprint density at radius 2 is 2.02 bits per heavy atom. The molecule has 2 aromatic carbocycles. The lowest BCUT2D eigenvalue weighted by atomic mass is 9.68. The van der Waals surface area contributed by atoms with Gasteiger partial charge in [0.2, 0.25) is 10.0 Å². The molecule has 0 amide bonds. The van der Waals surface area contributed by atoms with Gasteiger partial charge in [0.25, 0.3) is 0 Å². The number of sulfonamides is 1. The smallest absolute Gasteiger partial charge is 0.335 e. The van der Waals surface area contributed by atoms with E-state index in [1.807, 2.05) is 12.1 Å². The molecule has 0 aromatic heterocycles. The highest BCUT2D eigenvalue weighted by Crippen LogP contribution is 2.46. The van der Waals surface area contributed by atoms with Crippen molar-refractivity contribution in [3.63, 3.8) is 0 Å². The Labute approximate surface area is 271 Å². The topological polar surface area (TPSA) is 139 Å². The van der Waals surface area contributed by atoms with Gasteiger partial charge in [0.1, 0.15) is 11.0 Å². The number of carbonyl (C=O) groups is 1. The molecule has 9 nitrogen and oxygen atoms in total. The number of carboxylic acids is 1. The number of ether oxygens (including phenoxy) is 2. The summed E-state index contributed by atoms with van der Waals surface area (Å²) in [5, 5.41) is 26.4. The van der Waals surface area contributed by atoms with Gasteiger partial charge < -0.3 is 24.6 Å². The lowest BCUT2D eigenvalue weighted by Crippen LogP contribution is -2.49. The number of nitrogens with zero attached hydrogens (tertiary/aromatic N) is 1. The number of benzene rings is 2. The van der Waals surface area contributed by atoms with Crippen LogP contribution in [0, 0.1) is 17.8 Å². The number of aromatic carboxylic acids is 1. The zero-order valence-corrected chi connectivity index (χ0v) is 27.8. The molecule has 0 saturated heterocycles. The van der Waals surface area contributed by atoms with Gasteiger partial charge in [0, 0.05) is 30.6 Å². The molecule has 1 heterocycles. The largest absolute Gasteiger partial charge is 0.490 e. The molecule has 5 rings (SSSR count). The first-order valence-electron chi connectivity index (χ1n) is 15.8. The normalized spacial score (nSPS) is 25.2. The maximum Gasteiger partial charge on any atom is 0.335 e. The zero-order valence-electron chi connectivity index (χ0n) is 26.2. The number of hydrogen-bond donors (Lipinski definition) is 3. The number of nitrogens with two attached hydrogens (primary N) is 1. The number of aliphatic hydroxyl groups is 1. The van der Waals surface area contributed by atoms with Crippen LogP contribution in [-0.4, -0.2) is 68.9 Å². The second-order valence-electron chi connectivity index (χ2n) is 13.3. The van der Waals surface area contributed by atoms with E-state index in [1.54, 1.807) is 44.2 Å². The molecule has 0 radical (unpaired) electrons. The third kappa shape index (κ3) is 7.20. The summed E-state index contributed by atoms with van der Waals surface area (Å²) in [6.07, 6.45) is 7.19. The summed E-state index contributed by atoms with van der Waals surface area (Å²) in [5.41, 5.74) is 3.13. The van der Waals surface area contributed by atoms with Gasteiger partial charge in [-0.25, -0.2) is 18.4 Å². The van der Waals surface area contributed by atoms with Crippen molar-refractivity contribution in [2.24, 2.45) is 22.9 Å². The fourth-order valence-electron chi connectivity index (χ4n) is 7.68. The van der Waals surface area contributed by atoms with Gasteiger partial charge in [-0.1, -0.05) is 43.7 Å². The van der Waals surface area contributed by atoms with E-state index in [0.29, 0.717) is 36.9 Å². The highest BCUT2D eigenvalue weighted by atomic mass is 35.5. The average molecular weight is 661 g/mol. The molecular weight excluding hydrogens is 616 g/mol. The van der Waals surface area contributed by atoms with E-state index >= 15 is 0 Å². The molecule has 1 spiro atoms. The van der Waals surface area contributed by atoms with Gasteiger partial charge in [0.05, 0.1) is 30.1 Å². The second kappa shape index (κ2) is 13.6. The van der Waals surface area contributed by atoms with E-state index in [9.17, 15) is 23.4 Å². The van der Waals surface area contributed by atoms with Crippen LogP contribution < -0.4 is 14.8 Å². The van der Waals surface area contributed by atoms with Crippen molar-refractivity contribution in [2.45, 2.75) is 75.2 Å². The fraction of sp³-hybridized carbons (Fsp3) is 0.559. The predicted molar refractivity (Wildman–Crippen MR) is 176 cm³/mol. The number of methoxy groups -OCH3 is 1. The van der Waals surface area contributed by atoms with Crippen molar-refractivity contribution in [2.75, 3.05) is 31.7 Å². The van der Waals surface area contributed by atoms with E-state index in [4.69, 9.17) is 26.2 Å². The van der Waals surface area contributed by atoms with Crippen LogP contribution >= 0.6 is 11.6 Å². The molecule has 2 aromatic rings. The molecule has 1 aliphatic heterocycles. The maximum atomic E-state index is 12.2. The minimum Gasteiger partial charge on any atom is -0.490 e. The number of aryl methyl sites for hydroxylation is 1. The number of hydrogen-bond acceptors (Lipinski definition) is 7. The highest BCUT2D eigenvalue weighted by molar-refractivity contribution is 7.89. The third-order valence-electron chi connectivity index (χ3n) is 10.1. The van der Waals surface area contributed by atoms with Crippen LogP contribution in [0.4, 0.5) is 5.69 Å². The molecule has 1 saturated carbocycles. The summed E-state index contributed by atoms with van der Waals surface area (Å²) >= 11 is 6.37. The van der Waals surface area contributed by atoms with Crippen molar-refractivity contribution in [3.05, 3.63) is 70.3 Å². The van der Waals surface area contributed by atoms with Crippen molar-refractivity contribution in [3.8, 4) is 5.75 Å².